The van der Waals surface area contributed by atoms with Crippen LogP contribution in [0.4, 0.5) is 11.5 Å². The summed E-state index contributed by atoms with van der Waals surface area (Å²) in [7, 11) is -3.28. The van der Waals surface area contributed by atoms with Gasteiger partial charge in [0.1, 0.15) is 10.6 Å². The van der Waals surface area contributed by atoms with Crippen LogP contribution in [0.1, 0.15) is 31.9 Å². The summed E-state index contributed by atoms with van der Waals surface area (Å²) in [5.74, 6) is 0.714. The van der Waals surface area contributed by atoms with Crippen molar-refractivity contribution in [1.29, 1.82) is 0 Å². The van der Waals surface area contributed by atoms with Gasteiger partial charge in [0, 0.05) is 36.2 Å². The minimum absolute atomic E-state index is 0.0683. The number of nitrogens with zero attached hydrogens (tertiary/aromatic N) is 2. The van der Waals surface area contributed by atoms with Crippen LogP contribution in [0.25, 0.3) is 11.4 Å². The second-order valence-electron chi connectivity index (χ2n) is 6.93. The Morgan fingerprint density at radius 2 is 1.97 bits per heavy atom. The Morgan fingerprint density at radius 1 is 1.28 bits per heavy atom. The van der Waals surface area contributed by atoms with E-state index in [4.69, 9.17) is 23.1 Å². The summed E-state index contributed by atoms with van der Waals surface area (Å²) in [6.07, 6.45) is 1.73. The lowest BCUT2D eigenvalue weighted by Crippen LogP contribution is -2.29. The maximum absolute atomic E-state index is 12.5. The number of thiocarbonyl (C=S) groups is 1. The zero-order valence-corrected chi connectivity index (χ0v) is 17.8. The monoisotopic (exact) mass is 435 g/mol. The van der Waals surface area contributed by atoms with E-state index in [9.17, 15) is 8.42 Å². The van der Waals surface area contributed by atoms with Crippen LogP contribution >= 0.6 is 12.2 Å². The molecule has 0 radical (unpaired) electrons. The Morgan fingerprint density at radius 3 is 2.55 bits per heavy atom. The summed E-state index contributed by atoms with van der Waals surface area (Å²) in [4.78, 5) is 8.82. The molecular formula is C19H25N5O3S2. The molecule has 1 fully saturated rings. The standard InChI is InChI=1S/C19H25N5O3S2/c1-2-29(26,27)19(8-9-19)15-12-16(20)24-17(23-15)13-4-6-14(7-5-13)22-18(28)21-10-3-11-25/h4-7,12,25H,2-3,8-11H2,1H3,(H2,20,23,24)(H2,21,22,28). The van der Waals surface area contributed by atoms with E-state index >= 15 is 0 Å². The minimum Gasteiger partial charge on any atom is -0.396 e. The average Bonchev–Trinajstić information content (AvgIpc) is 3.51. The molecule has 8 nitrogen and oxygen atoms in total. The van der Waals surface area contributed by atoms with E-state index in [1.54, 1.807) is 13.0 Å². The number of aliphatic hydroxyl groups excluding tert-OH is 1. The van der Waals surface area contributed by atoms with Crippen molar-refractivity contribution in [2.24, 2.45) is 0 Å². The van der Waals surface area contributed by atoms with E-state index in [0.717, 1.165) is 11.3 Å². The Kier molecular flexibility index (Phi) is 6.35. The van der Waals surface area contributed by atoms with Gasteiger partial charge in [-0.1, -0.05) is 6.92 Å². The van der Waals surface area contributed by atoms with Crippen LogP contribution < -0.4 is 16.4 Å². The molecule has 0 aliphatic heterocycles. The molecule has 3 rings (SSSR count). The first kappa shape index (κ1) is 21.4. The van der Waals surface area contributed by atoms with E-state index < -0.39 is 14.6 Å². The summed E-state index contributed by atoms with van der Waals surface area (Å²) >= 11 is 5.20. The van der Waals surface area contributed by atoms with Gasteiger partial charge in [-0.25, -0.2) is 18.4 Å². The van der Waals surface area contributed by atoms with E-state index in [0.29, 0.717) is 42.4 Å². The fourth-order valence-corrected chi connectivity index (χ4v) is 5.02. The van der Waals surface area contributed by atoms with Gasteiger partial charge in [0.25, 0.3) is 0 Å². The number of hydrogen-bond donors (Lipinski definition) is 4. The third-order valence-corrected chi connectivity index (χ3v) is 7.73. The number of nitrogens with two attached hydrogens (primary N) is 1. The van der Waals surface area contributed by atoms with E-state index in [1.165, 1.54) is 0 Å². The molecule has 1 aliphatic carbocycles. The number of aromatic nitrogens is 2. The number of nitrogen functional groups attached to an aromatic ring is 1. The summed E-state index contributed by atoms with van der Waals surface area (Å²) in [6.45, 7) is 2.34. The van der Waals surface area contributed by atoms with Crippen LogP contribution in [0.5, 0.6) is 0 Å². The van der Waals surface area contributed by atoms with Crippen LogP contribution in [0.15, 0.2) is 30.3 Å². The highest BCUT2D eigenvalue weighted by molar-refractivity contribution is 7.92. The lowest BCUT2D eigenvalue weighted by Gasteiger charge is -2.16. The minimum atomic E-state index is -3.28. The molecule has 1 aromatic heterocycles. The number of anilines is 2. The second kappa shape index (κ2) is 8.60. The van der Waals surface area contributed by atoms with Gasteiger partial charge >= 0.3 is 0 Å². The predicted octanol–water partition coefficient (Wildman–Crippen LogP) is 1.82. The molecule has 0 atom stereocenters. The largest absolute Gasteiger partial charge is 0.396 e. The summed E-state index contributed by atoms with van der Waals surface area (Å²) in [5, 5.41) is 15.3. The SMILES string of the molecule is CCS(=O)(=O)C1(c2cc(N)nc(-c3ccc(NC(=S)NCCCO)cc3)n2)CC1. The summed E-state index contributed by atoms with van der Waals surface area (Å²) in [6, 6.07) is 8.88. The quantitative estimate of drug-likeness (QED) is 0.362. The number of rotatable bonds is 8. The lowest BCUT2D eigenvalue weighted by atomic mass is 10.1. The molecule has 0 amide bonds. The van der Waals surface area contributed by atoms with Crippen molar-refractivity contribution in [1.82, 2.24) is 15.3 Å². The average molecular weight is 436 g/mol. The van der Waals surface area contributed by atoms with Crippen LogP contribution in [-0.4, -0.2) is 47.5 Å². The van der Waals surface area contributed by atoms with Crippen LogP contribution in [-0.2, 0) is 14.6 Å². The van der Waals surface area contributed by atoms with Crippen molar-refractivity contribution in [3.05, 3.63) is 36.0 Å². The van der Waals surface area contributed by atoms with Crippen LogP contribution in [0.3, 0.4) is 0 Å². The molecule has 0 saturated heterocycles. The number of sulfone groups is 1. The van der Waals surface area contributed by atoms with Crippen molar-refractivity contribution in [3.8, 4) is 11.4 Å². The highest BCUT2D eigenvalue weighted by atomic mass is 32.2. The molecular weight excluding hydrogens is 410 g/mol. The number of nitrogens with one attached hydrogen (secondary N) is 2. The molecule has 0 unspecified atom stereocenters. The molecule has 1 heterocycles. The summed E-state index contributed by atoms with van der Waals surface area (Å²) in [5.41, 5.74) is 7.94. The number of hydrogen-bond acceptors (Lipinski definition) is 7. The zero-order chi connectivity index (χ0) is 21.1. The maximum Gasteiger partial charge on any atom is 0.170 e. The topological polar surface area (TPSA) is 130 Å². The number of aliphatic hydroxyl groups is 1. The van der Waals surface area contributed by atoms with Gasteiger partial charge in [0.05, 0.1) is 5.69 Å². The van der Waals surface area contributed by atoms with Gasteiger partial charge in [-0.15, -0.1) is 0 Å². The lowest BCUT2D eigenvalue weighted by molar-refractivity contribution is 0.289. The Balaban J connectivity index is 1.80. The van der Waals surface area contributed by atoms with Gasteiger partial charge in [0.15, 0.2) is 20.8 Å². The third-order valence-electron chi connectivity index (χ3n) is 4.91. The highest BCUT2D eigenvalue weighted by Gasteiger charge is 2.56. The van der Waals surface area contributed by atoms with Crippen molar-refractivity contribution in [2.45, 2.75) is 30.9 Å². The maximum atomic E-state index is 12.5. The fourth-order valence-electron chi connectivity index (χ4n) is 3.10. The molecule has 10 heteroatoms. The molecule has 1 saturated carbocycles. The van der Waals surface area contributed by atoms with Crippen LogP contribution in [0.2, 0.25) is 0 Å². The van der Waals surface area contributed by atoms with Crippen molar-refractivity contribution >= 4 is 38.7 Å². The van der Waals surface area contributed by atoms with E-state index in [2.05, 4.69) is 20.6 Å². The number of benzene rings is 1. The first-order valence-electron chi connectivity index (χ1n) is 9.45. The molecule has 5 N–H and O–H groups in total. The molecule has 2 aromatic rings. The second-order valence-corrected chi connectivity index (χ2v) is 9.93. The molecule has 29 heavy (non-hydrogen) atoms. The highest BCUT2D eigenvalue weighted by Crippen LogP contribution is 2.52. The molecule has 0 bridgehead atoms. The Bertz CT molecular complexity index is 989. The summed E-state index contributed by atoms with van der Waals surface area (Å²) < 4.78 is 24.2. The van der Waals surface area contributed by atoms with Gasteiger partial charge in [0.2, 0.25) is 0 Å². The van der Waals surface area contributed by atoms with Gasteiger partial charge in [-0.2, -0.15) is 0 Å². The van der Waals surface area contributed by atoms with E-state index in [1.807, 2.05) is 24.3 Å². The Hall–Kier alpha value is -2.30. The first-order chi connectivity index (χ1) is 13.8. The van der Waals surface area contributed by atoms with Crippen molar-refractivity contribution in [2.75, 3.05) is 30.0 Å². The van der Waals surface area contributed by atoms with Crippen molar-refractivity contribution < 1.29 is 13.5 Å². The molecule has 1 aliphatic rings. The Labute approximate surface area is 175 Å². The van der Waals surface area contributed by atoms with Gasteiger partial charge in [-0.3, -0.25) is 0 Å². The first-order valence-corrected chi connectivity index (χ1v) is 11.5. The normalized spacial score (nSPS) is 15.0. The fraction of sp³-hybridized carbons (Fsp3) is 0.421. The molecule has 156 valence electrons. The van der Waals surface area contributed by atoms with Gasteiger partial charge < -0.3 is 21.5 Å². The van der Waals surface area contributed by atoms with Crippen molar-refractivity contribution in [3.63, 3.8) is 0 Å². The third kappa shape index (κ3) is 4.65. The molecule has 0 spiro atoms. The molecule has 1 aromatic carbocycles. The predicted molar refractivity (Wildman–Crippen MR) is 118 cm³/mol. The smallest absolute Gasteiger partial charge is 0.170 e. The van der Waals surface area contributed by atoms with E-state index in [-0.39, 0.29) is 18.2 Å². The zero-order valence-electron chi connectivity index (χ0n) is 16.2. The van der Waals surface area contributed by atoms with Gasteiger partial charge in [-0.05, 0) is 55.7 Å². The van der Waals surface area contributed by atoms with Crippen LogP contribution in [0, 0.1) is 0 Å².